The lowest BCUT2D eigenvalue weighted by atomic mass is 10.2. The molecule has 0 saturated carbocycles. The molecule has 3 nitrogen and oxygen atoms in total. The minimum Gasteiger partial charge on any atom is -0.382 e. The molecule has 0 aromatic carbocycles. The van der Waals surface area contributed by atoms with Gasteiger partial charge >= 0.3 is 0 Å². The Labute approximate surface area is 77.0 Å². The van der Waals surface area contributed by atoms with E-state index in [1.165, 1.54) is 0 Å². The molecular weight excluding hydrogens is 174 g/mol. The summed E-state index contributed by atoms with van der Waals surface area (Å²) >= 11 is 5.80. The summed E-state index contributed by atoms with van der Waals surface area (Å²) in [4.78, 5) is 8.28. The number of hydrogen-bond acceptors (Lipinski definition) is 3. The maximum absolute atomic E-state index is 5.80. The van der Waals surface area contributed by atoms with E-state index in [9.17, 15) is 0 Å². The summed E-state index contributed by atoms with van der Waals surface area (Å²) in [5.41, 5.74) is 6.32. The van der Waals surface area contributed by atoms with Crippen LogP contribution in [0.5, 0.6) is 0 Å². The van der Waals surface area contributed by atoms with Crippen molar-refractivity contribution >= 4 is 17.4 Å². The van der Waals surface area contributed by atoms with Crippen LogP contribution in [0.25, 0.3) is 0 Å². The summed E-state index contributed by atoms with van der Waals surface area (Å²) < 4.78 is 0. The van der Waals surface area contributed by atoms with Crippen molar-refractivity contribution in [2.45, 2.75) is 26.7 Å². The lowest BCUT2D eigenvalue weighted by molar-refractivity contribution is 0.769. The van der Waals surface area contributed by atoms with Crippen LogP contribution in [0.2, 0.25) is 5.02 Å². The molecule has 0 saturated heterocycles. The highest BCUT2D eigenvalue weighted by molar-refractivity contribution is 6.33. The van der Waals surface area contributed by atoms with Gasteiger partial charge in [0.1, 0.15) is 16.7 Å². The second kappa shape index (κ2) is 3.27. The molecule has 12 heavy (non-hydrogen) atoms. The summed E-state index contributed by atoms with van der Waals surface area (Å²) in [5, 5.41) is 0.458. The predicted octanol–water partition coefficient (Wildman–Crippen LogP) is 2.14. The van der Waals surface area contributed by atoms with Crippen molar-refractivity contribution < 1.29 is 0 Å². The molecule has 0 spiro atoms. The minimum atomic E-state index is 0.281. The zero-order valence-corrected chi connectivity index (χ0v) is 8.18. The fraction of sp³-hybridized carbons (Fsp3) is 0.500. The first kappa shape index (κ1) is 9.26. The SMILES string of the molecule is Cc1nc(C(C)C)nc(N)c1Cl. The van der Waals surface area contributed by atoms with E-state index in [2.05, 4.69) is 9.97 Å². The second-order valence-electron chi connectivity index (χ2n) is 3.02. The Bertz CT molecular complexity index is 273. The van der Waals surface area contributed by atoms with Crippen molar-refractivity contribution in [1.29, 1.82) is 0 Å². The zero-order chi connectivity index (χ0) is 9.30. The zero-order valence-electron chi connectivity index (χ0n) is 7.43. The van der Waals surface area contributed by atoms with Crippen LogP contribution in [0.15, 0.2) is 0 Å². The van der Waals surface area contributed by atoms with Gasteiger partial charge in [-0.2, -0.15) is 0 Å². The first-order valence-corrected chi connectivity index (χ1v) is 4.19. The molecule has 66 valence electrons. The molecule has 0 unspecified atom stereocenters. The molecule has 2 N–H and O–H groups in total. The maximum atomic E-state index is 5.80. The number of hydrogen-bond donors (Lipinski definition) is 1. The van der Waals surface area contributed by atoms with E-state index in [1.54, 1.807) is 0 Å². The van der Waals surface area contributed by atoms with Gasteiger partial charge in [-0.05, 0) is 6.92 Å². The quantitative estimate of drug-likeness (QED) is 0.730. The van der Waals surface area contributed by atoms with Gasteiger partial charge in [0.05, 0.1) is 5.69 Å². The lowest BCUT2D eigenvalue weighted by Gasteiger charge is -2.07. The standard InChI is InChI=1S/C8H12ClN3/c1-4(2)8-11-5(3)6(9)7(10)12-8/h4H,1-3H3,(H2,10,11,12). The number of aromatic nitrogens is 2. The molecule has 0 radical (unpaired) electrons. The first-order chi connectivity index (χ1) is 5.52. The Kier molecular flexibility index (Phi) is 2.52. The third-order valence-corrected chi connectivity index (χ3v) is 2.04. The summed E-state index contributed by atoms with van der Waals surface area (Å²) in [6, 6.07) is 0. The van der Waals surface area contributed by atoms with Gasteiger partial charge in [-0.1, -0.05) is 25.4 Å². The Balaban J connectivity index is 3.21. The minimum absolute atomic E-state index is 0.281. The van der Waals surface area contributed by atoms with Crippen LogP contribution in [0.4, 0.5) is 5.82 Å². The first-order valence-electron chi connectivity index (χ1n) is 3.82. The van der Waals surface area contributed by atoms with Crippen molar-refractivity contribution in [3.63, 3.8) is 0 Å². The lowest BCUT2D eigenvalue weighted by Crippen LogP contribution is -2.04. The van der Waals surface area contributed by atoms with Crippen LogP contribution in [0.3, 0.4) is 0 Å². The van der Waals surface area contributed by atoms with E-state index in [1.807, 2.05) is 20.8 Å². The van der Waals surface area contributed by atoms with Crippen LogP contribution in [0, 0.1) is 6.92 Å². The third-order valence-electron chi connectivity index (χ3n) is 1.58. The van der Waals surface area contributed by atoms with Crippen LogP contribution >= 0.6 is 11.6 Å². The molecule has 1 heterocycles. The number of anilines is 1. The molecule has 4 heteroatoms. The molecule has 1 rings (SSSR count). The van der Waals surface area contributed by atoms with Crippen LogP contribution in [0.1, 0.15) is 31.3 Å². The van der Waals surface area contributed by atoms with Gasteiger partial charge in [0, 0.05) is 5.92 Å². The van der Waals surface area contributed by atoms with Crippen molar-refractivity contribution in [2.75, 3.05) is 5.73 Å². The summed E-state index contributed by atoms with van der Waals surface area (Å²) in [7, 11) is 0. The van der Waals surface area contributed by atoms with Crippen molar-refractivity contribution in [3.8, 4) is 0 Å². The Morgan fingerprint density at radius 2 is 1.92 bits per heavy atom. The smallest absolute Gasteiger partial charge is 0.146 e. The summed E-state index contributed by atoms with van der Waals surface area (Å²) in [6.07, 6.45) is 0. The van der Waals surface area contributed by atoms with Gasteiger partial charge in [0.15, 0.2) is 0 Å². The summed E-state index contributed by atoms with van der Waals surface area (Å²) in [5.74, 6) is 1.39. The molecule has 1 aromatic heterocycles. The normalized spacial score (nSPS) is 10.8. The van der Waals surface area contributed by atoms with Crippen LogP contribution in [-0.2, 0) is 0 Å². The van der Waals surface area contributed by atoms with Crippen LogP contribution < -0.4 is 5.73 Å². The Hall–Kier alpha value is -0.830. The Morgan fingerprint density at radius 3 is 2.33 bits per heavy atom. The second-order valence-corrected chi connectivity index (χ2v) is 3.40. The van der Waals surface area contributed by atoms with Crippen LogP contribution in [-0.4, -0.2) is 9.97 Å². The third kappa shape index (κ3) is 1.67. The summed E-state index contributed by atoms with van der Waals surface area (Å²) in [6.45, 7) is 5.86. The number of nitrogen functional groups attached to an aromatic ring is 1. The molecular formula is C8H12ClN3. The molecule has 0 aliphatic carbocycles. The number of rotatable bonds is 1. The Morgan fingerprint density at radius 1 is 1.33 bits per heavy atom. The molecule has 1 aromatic rings. The predicted molar refractivity (Wildman–Crippen MR) is 50.3 cm³/mol. The van der Waals surface area contributed by atoms with Gasteiger partial charge < -0.3 is 5.73 Å². The number of nitrogens with zero attached hydrogens (tertiary/aromatic N) is 2. The van der Waals surface area contributed by atoms with E-state index < -0.39 is 0 Å². The molecule has 0 amide bonds. The fourth-order valence-electron chi connectivity index (χ4n) is 0.862. The van der Waals surface area contributed by atoms with Gasteiger partial charge in [0.2, 0.25) is 0 Å². The average Bonchev–Trinajstić information content (AvgIpc) is 1.99. The van der Waals surface area contributed by atoms with Gasteiger partial charge in [-0.25, -0.2) is 9.97 Å². The average molecular weight is 186 g/mol. The van der Waals surface area contributed by atoms with E-state index in [4.69, 9.17) is 17.3 Å². The molecule has 0 bridgehead atoms. The van der Waals surface area contributed by atoms with E-state index in [-0.39, 0.29) is 5.92 Å². The van der Waals surface area contributed by atoms with E-state index >= 15 is 0 Å². The van der Waals surface area contributed by atoms with Crippen molar-refractivity contribution in [1.82, 2.24) is 9.97 Å². The highest BCUT2D eigenvalue weighted by Crippen LogP contribution is 2.21. The number of nitrogens with two attached hydrogens (primary N) is 1. The molecule has 0 aliphatic rings. The van der Waals surface area contributed by atoms with Gasteiger partial charge in [0.25, 0.3) is 0 Å². The maximum Gasteiger partial charge on any atom is 0.146 e. The fourth-order valence-corrected chi connectivity index (χ4v) is 0.946. The van der Waals surface area contributed by atoms with Gasteiger partial charge in [-0.15, -0.1) is 0 Å². The topological polar surface area (TPSA) is 51.8 Å². The molecule has 0 fully saturated rings. The largest absolute Gasteiger partial charge is 0.382 e. The highest BCUT2D eigenvalue weighted by Gasteiger charge is 2.08. The highest BCUT2D eigenvalue weighted by atomic mass is 35.5. The van der Waals surface area contributed by atoms with Crippen molar-refractivity contribution in [3.05, 3.63) is 16.5 Å². The van der Waals surface area contributed by atoms with E-state index in [0.29, 0.717) is 10.8 Å². The number of aryl methyl sites for hydroxylation is 1. The monoisotopic (exact) mass is 185 g/mol. The molecule has 0 atom stereocenters. The number of halogens is 1. The van der Waals surface area contributed by atoms with E-state index in [0.717, 1.165) is 11.5 Å². The van der Waals surface area contributed by atoms with Gasteiger partial charge in [-0.3, -0.25) is 0 Å². The van der Waals surface area contributed by atoms with Crippen molar-refractivity contribution in [2.24, 2.45) is 0 Å². The molecule has 0 aliphatic heterocycles.